The standard InChI is InChI=1S/C32H40N2O7S/c1-31(2,3)25-17-21(18-26(30(25)36)32(4,5)6)10-16-29(35)34-33-20-22-9-15-27(28(19-22)40-8)41-42(37,38)24-13-11-23(39-7)12-14-24/h9,11-15,17-20,36H,10,16H2,1-8H3,(H,34,35)/b33-20-. The first-order chi connectivity index (χ1) is 19.5. The lowest BCUT2D eigenvalue weighted by atomic mass is 9.78. The fraction of sp³-hybridized carbons (Fsp3) is 0.375. The summed E-state index contributed by atoms with van der Waals surface area (Å²) in [6, 6.07) is 14.3. The Morgan fingerprint density at radius 3 is 2.00 bits per heavy atom. The molecule has 0 fully saturated rings. The molecule has 42 heavy (non-hydrogen) atoms. The molecule has 0 aliphatic heterocycles. The number of ether oxygens (including phenoxy) is 2. The number of aryl methyl sites for hydroxylation is 1. The van der Waals surface area contributed by atoms with Crippen LogP contribution in [0.3, 0.4) is 0 Å². The summed E-state index contributed by atoms with van der Waals surface area (Å²) in [6.45, 7) is 12.3. The van der Waals surface area contributed by atoms with E-state index in [0.29, 0.717) is 23.5 Å². The van der Waals surface area contributed by atoms with Gasteiger partial charge in [-0.1, -0.05) is 53.7 Å². The predicted octanol–water partition coefficient (Wildman–Crippen LogP) is 5.86. The maximum atomic E-state index is 12.7. The van der Waals surface area contributed by atoms with Crippen LogP contribution in [0.25, 0.3) is 0 Å². The van der Waals surface area contributed by atoms with Crippen molar-refractivity contribution in [3.63, 3.8) is 0 Å². The zero-order valence-electron chi connectivity index (χ0n) is 25.4. The molecule has 10 heteroatoms. The van der Waals surface area contributed by atoms with Gasteiger partial charge in [0.2, 0.25) is 5.91 Å². The Morgan fingerprint density at radius 2 is 1.48 bits per heavy atom. The molecule has 3 aromatic carbocycles. The molecule has 0 unspecified atom stereocenters. The number of carbonyl (C=O) groups is 1. The van der Waals surface area contributed by atoms with Crippen LogP contribution < -0.4 is 19.1 Å². The van der Waals surface area contributed by atoms with Crippen molar-refractivity contribution in [2.24, 2.45) is 5.10 Å². The number of amides is 1. The van der Waals surface area contributed by atoms with Gasteiger partial charge >= 0.3 is 10.1 Å². The minimum atomic E-state index is -4.11. The van der Waals surface area contributed by atoms with Crippen LogP contribution in [-0.4, -0.2) is 39.9 Å². The van der Waals surface area contributed by atoms with Crippen molar-refractivity contribution in [3.8, 4) is 23.0 Å². The molecule has 0 saturated carbocycles. The number of rotatable bonds is 10. The van der Waals surface area contributed by atoms with Gasteiger partial charge in [0.1, 0.15) is 16.4 Å². The third kappa shape index (κ3) is 8.25. The third-order valence-corrected chi connectivity index (χ3v) is 7.81. The van der Waals surface area contributed by atoms with Crippen molar-refractivity contribution in [1.29, 1.82) is 0 Å². The number of nitrogens with one attached hydrogen (secondary N) is 1. The number of benzene rings is 3. The molecule has 0 heterocycles. The fourth-order valence-electron chi connectivity index (χ4n) is 4.22. The van der Waals surface area contributed by atoms with Gasteiger partial charge in [-0.2, -0.15) is 13.5 Å². The minimum absolute atomic E-state index is 0.00709. The van der Waals surface area contributed by atoms with E-state index in [4.69, 9.17) is 13.7 Å². The van der Waals surface area contributed by atoms with Crippen molar-refractivity contribution in [2.45, 2.75) is 70.1 Å². The van der Waals surface area contributed by atoms with Crippen LogP contribution in [0.2, 0.25) is 0 Å². The van der Waals surface area contributed by atoms with Gasteiger partial charge in [-0.15, -0.1) is 0 Å². The normalized spacial score (nSPS) is 12.3. The molecule has 0 bridgehead atoms. The van der Waals surface area contributed by atoms with E-state index in [-0.39, 0.29) is 39.6 Å². The smallest absolute Gasteiger partial charge is 0.339 e. The molecule has 3 aromatic rings. The van der Waals surface area contributed by atoms with Crippen LogP contribution in [0.5, 0.6) is 23.0 Å². The van der Waals surface area contributed by atoms with E-state index in [2.05, 4.69) is 10.5 Å². The Kier molecular flexibility index (Phi) is 9.94. The average Bonchev–Trinajstić information content (AvgIpc) is 2.91. The fourth-order valence-corrected chi connectivity index (χ4v) is 5.16. The number of hydrogen-bond acceptors (Lipinski definition) is 8. The zero-order valence-corrected chi connectivity index (χ0v) is 26.3. The quantitative estimate of drug-likeness (QED) is 0.171. The van der Waals surface area contributed by atoms with E-state index < -0.39 is 10.1 Å². The largest absolute Gasteiger partial charge is 0.507 e. The van der Waals surface area contributed by atoms with Crippen molar-refractivity contribution in [1.82, 2.24) is 5.43 Å². The Balaban J connectivity index is 1.66. The van der Waals surface area contributed by atoms with E-state index in [1.54, 1.807) is 12.1 Å². The number of methoxy groups -OCH3 is 2. The van der Waals surface area contributed by atoms with Gasteiger partial charge in [-0.05, 0) is 82.0 Å². The van der Waals surface area contributed by atoms with Gasteiger partial charge in [-0.25, -0.2) is 5.43 Å². The number of hydrogen-bond donors (Lipinski definition) is 2. The minimum Gasteiger partial charge on any atom is -0.507 e. The molecule has 2 N–H and O–H groups in total. The van der Waals surface area contributed by atoms with Crippen molar-refractivity contribution >= 4 is 22.2 Å². The first kappa shape index (κ1) is 32.5. The molecule has 0 atom stereocenters. The summed E-state index contributed by atoms with van der Waals surface area (Å²) in [6.07, 6.45) is 2.11. The van der Waals surface area contributed by atoms with E-state index >= 15 is 0 Å². The second-order valence-corrected chi connectivity index (χ2v) is 13.5. The molecule has 0 aliphatic carbocycles. The lowest BCUT2D eigenvalue weighted by Gasteiger charge is -2.28. The maximum Gasteiger partial charge on any atom is 0.339 e. The van der Waals surface area contributed by atoms with Crippen LogP contribution in [0.4, 0.5) is 0 Å². The highest BCUT2D eigenvalue weighted by Crippen LogP contribution is 2.40. The van der Waals surface area contributed by atoms with Gasteiger partial charge in [0.15, 0.2) is 11.5 Å². The highest BCUT2D eigenvalue weighted by Gasteiger charge is 2.26. The molecule has 0 spiro atoms. The van der Waals surface area contributed by atoms with Gasteiger partial charge in [0, 0.05) is 6.42 Å². The number of nitrogens with zero attached hydrogens (tertiary/aromatic N) is 1. The highest BCUT2D eigenvalue weighted by molar-refractivity contribution is 7.87. The Hall–Kier alpha value is -4.05. The summed E-state index contributed by atoms with van der Waals surface area (Å²) in [7, 11) is -1.22. The Labute approximate surface area is 248 Å². The molecule has 3 rings (SSSR count). The first-order valence-corrected chi connectivity index (χ1v) is 14.9. The molecule has 0 aromatic heterocycles. The maximum absolute atomic E-state index is 12.7. The summed E-state index contributed by atoms with van der Waals surface area (Å²) in [5.74, 6) is 0.739. The monoisotopic (exact) mass is 596 g/mol. The van der Waals surface area contributed by atoms with E-state index in [0.717, 1.165) is 16.7 Å². The summed E-state index contributed by atoms with van der Waals surface area (Å²) in [5.41, 5.74) is 5.24. The topological polar surface area (TPSA) is 124 Å². The zero-order chi connectivity index (χ0) is 31.3. The highest BCUT2D eigenvalue weighted by atomic mass is 32.2. The molecular weight excluding hydrogens is 556 g/mol. The summed E-state index contributed by atoms with van der Waals surface area (Å²) >= 11 is 0. The van der Waals surface area contributed by atoms with Gasteiger partial charge < -0.3 is 18.8 Å². The number of phenolic OH excluding ortho intramolecular Hbond substituents is 1. The summed E-state index contributed by atoms with van der Waals surface area (Å²) in [5, 5.41) is 15.0. The number of aromatic hydroxyl groups is 1. The first-order valence-electron chi connectivity index (χ1n) is 13.5. The van der Waals surface area contributed by atoms with Crippen molar-refractivity contribution < 1.29 is 32.0 Å². The molecule has 9 nitrogen and oxygen atoms in total. The molecule has 226 valence electrons. The van der Waals surface area contributed by atoms with Crippen LogP contribution in [0, 0.1) is 0 Å². The van der Waals surface area contributed by atoms with Crippen molar-refractivity contribution in [3.05, 3.63) is 76.9 Å². The van der Waals surface area contributed by atoms with E-state index in [1.165, 1.54) is 50.8 Å². The summed E-state index contributed by atoms with van der Waals surface area (Å²) < 4.78 is 41.1. The van der Waals surface area contributed by atoms with Crippen LogP contribution >= 0.6 is 0 Å². The molecule has 0 saturated heterocycles. The second kappa shape index (κ2) is 12.9. The predicted molar refractivity (Wildman–Crippen MR) is 163 cm³/mol. The SMILES string of the molecule is COc1ccc(S(=O)(=O)Oc2ccc(/C=N\NC(=O)CCc3cc(C(C)(C)C)c(O)c(C(C)(C)C)c3)cc2OC)cc1. The van der Waals surface area contributed by atoms with Gasteiger partial charge in [-0.3, -0.25) is 4.79 Å². The lowest BCUT2D eigenvalue weighted by Crippen LogP contribution is -2.20. The molecular formula is C32H40N2O7S. The van der Waals surface area contributed by atoms with Crippen LogP contribution in [0.15, 0.2) is 64.6 Å². The molecule has 0 radical (unpaired) electrons. The summed E-state index contributed by atoms with van der Waals surface area (Å²) in [4.78, 5) is 12.5. The van der Waals surface area contributed by atoms with Crippen LogP contribution in [0.1, 0.15) is 70.2 Å². The van der Waals surface area contributed by atoms with Crippen molar-refractivity contribution in [2.75, 3.05) is 14.2 Å². The third-order valence-electron chi connectivity index (χ3n) is 6.56. The number of hydrazone groups is 1. The lowest BCUT2D eigenvalue weighted by molar-refractivity contribution is -0.121. The second-order valence-electron chi connectivity index (χ2n) is 12.0. The van der Waals surface area contributed by atoms with Crippen LogP contribution in [-0.2, 0) is 32.2 Å². The van der Waals surface area contributed by atoms with Gasteiger partial charge in [0.05, 0.1) is 20.4 Å². The average molecular weight is 597 g/mol. The van der Waals surface area contributed by atoms with E-state index in [9.17, 15) is 18.3 Å². The number of phenols is 1. The number of carbonyl (C=O) groups excluding carboxylic acids is 1. The Morgan fingerprint density at radius 1 is 0.881 bits per heavy atom. The molecule has 0 aliphatic rings. The Bertz CT molecular complexity index is 1510. The van der Waals surface area contributed by atoms with E-state index in [1.807, 2.05) is 53.7 Å². The van der Waals surface area contributed by atoms with Gasteiger partial charge in [0.25, 0.3) is 0 Å². The molecule has 1 amide bonds.